The Balaban J connectivity index is 0.000000155. The highest BCUT2D eigenvalue weighted by molar-refractivity contribution is 6.03. The Labute approximate surface area is 749 Å². The number of carbonyl (C=O) groups excluding carboxylic acids is 5. The van der Waals surface area contributed by atoms with Crippen molar-refractivity contribution in [1.82, 2.24) is 4.98 Å². The second kappa shape index (κ2) is 43.9. The summed E-state index contributed by atoms with van der Waals surface area (Å²) < 4.78 is 127. The standard InChI is InChI=1S/C22H28FNO3.2C21H26FNO2.C20H22F2N2O2.C20H23F2NO2/c1-3-20(26)24(11-12-25)19-14-17(21-18(15-19)8-13-27-21)5-4-16-6-9-22(2,23)10-7-16;2*1-4-19(24)23-18-12-16(20-17(13-18)11-14(2)25-20)6-5-15-7-9-21(3,22)10-8-15;1-3-19(25)24-14-11-16-17(23-12-14)5-4-6-18(16)26-15-9-7-13(8-10-15)20(2,21)22;1-3-17(24)23-16-12-14(19-15(18(16)21)8-11-25-19)5-4-13-6-9-20(2,22)10-7-13/h3-5,14-16,25H,1,6-13H2,2H3;2*4-6,12-15H,1,7-11H2,2-3H3,(H,23,24);3-6,11-13,15H,1,7-10H2,2H3,(H,24,25);3-5,12-13H,1,6-11H2,2H3,(H,23,24)/b5-4+;2*6-5+;;5-4+/t;2*14-,15?,21?;;/m.10../s1. The number of hydrogen-bond acceptors (Lipinski definition) is 12. The molecule has 0 radical (unpaired) electrons. The van der Waals surface area contributed by atoms with Crippen LogP contribution in [0.5, 0.6) is 28.7 Å². The lowest BCUT2D eigenvalue weighted by molar-refractivity contribution is -0.114. The van der Waals surface area contributed by atoms with Crippen LogP contribution >= 0.6 is 0 Å². The first-order chi connectivity index (χ1) is 60.9. The van der Waals surface area contributed by atoms with Crippen molar-refractivity contribution in [2.75, 3.05) is 52.5 Å². The number of rotatable bonds is 23. The van der Waals surface area contributed by atoms with Crippen LogP contribution in [0.25, 0.3) is 35.2 Å². The molecule has 6 aromatic rings. The average Bonchev–Trinajstić information content (AvgIpc) is 1.60. The number of amides is 5. The van der Waals surface area contributed by atoms with Gasteiger partial charge in [0.25, 0.3) is 0 Å². The number of allylic oxidation sites excluding steroid dienone is 4. The largest absolute Gasteiger partial charge is 0.492 e. The summed E-state index contributed by atoms with van der Waals surface area (Å²) in [5, 5.41) is 20.9. The molecule has 0 saturated heterocycles. The second-order valence-electron chi connectivity index (χ2n) is 36.5. The summed E-state index contributed by atoms with van der Waals surface area (Å²) in [6, 6.07) is 20.6. The number of halogens is 7. The molecule has 5 N–H and O–H groups in total. The summed E-state index contributed by atoms with van der Waals surface area (Å²) in [5.41, 5.74) is 6.89. The maximum atomic E-state index is 14.5. The Morgan fingerprint density at radius 3 is 1.38 bits per heavy atom. The number of aliphatic hydroxyl groups excluding tert-OH is 1. The molecule has 9 aliphatic rings. The van der Waals surface area contributed by atoms with Crippen molar-refractivity contribution >= 4 is 93.2 Å². The van der Waals surface area contributed by atoms with Crippen molar-refractivity contribution in [3.05, 3.63) is 211 Å². The minimum Gasteiger partial charge on any atom is -0.492 e. The molecule has 0 bridgehead atoms. The lowest BCUT2D eigenvalue weighted by atomic mass is 9.81. The number of alkyl halides is 6. The molecular weight excluding hydrogens is 1640 g/mol. The minimum absolute atomic E-state index is 0.0920. The number of pyridine rings is 1. The summed E-state index contributed by atoms with van der Waals surface area (Å²) in [4.78, 5) is 64.3. The number of aromatic nitrogens is 1. The molecule has 17 nitrogen and oxygen atoms in total. The quantitative estimate of drug-likeness (QED) is 0.0299. The molecular formula is C104H125F7N6O11. The highest BCUT2D eigenvalue weighted by Gasteiger charge is 2.39. The summed E-state index contributed by atoms with van der Waals surface area (Å²) in [7, 11) is 0. The smallest absolute Gasteiger partial charge is 0.250 e. The monoisotopic (exact) mass is 1770 g/mol. The zero-order valence-electron chi connectivity index (χ0n) is 75.0. The molecule has 5 amide bonds. The van der Waals surface area contributed by atoms with Crippen LogP contribution in [0.1, 0.15) is 221 Å². The number of ether oxygens (including phenoxy) is 5. The first kappa shape index (κ1) is 97.6. The molecule has 5 aliphatic carbocycles. The van der Waals surface area contributed by atoms with Crippen LogP contribution in [-0.2, 0) is 49.7 Å². The molecule has 0 unspecified atom stereocenters. The zero-order chi connectivity index (χ0) is 92.3. The molecule has 4 aliphatic heterocycles. The van der Waals surface area contributed by atoms with E-state index >= 15 is 0 Å². The number of fused-ring (bicyclic) bond motifs is 5. The highest BCUT2D eigenvalue weighted by Crippen LogP contribution is 2.46. The van der Waals surface area contributed by atoms with Gasteiger partial charge in [-0.05, 0) is 292 Å². The second-order valence-corrected chi connectivity index (χ2v) is 36.5. The topological polar surface area (TPSA) is 216 Å². The molecule has 5 heterocycles. The summed E-state index contributed by atoms with van der Waals surface area (Å²) >= 11 is 0. The lowest BCUT2D eigenvalue weighted by Crippen LogP contribution is -2.32. The van der Waals surface area contributed by atoms with Crippen LogP contribution in [-0.4, -0.2) is 113 Å². The molecule has 2 atom stereocenters. The van der Waals surface area contributed by atoms with Gasteiger partial charge in [-0.3, -0.25) is 29.0 Å². The van der Waals surface area contributed by atoms with Gasteiger partial charge in [-0.25, -0.2) is 30.7 Å². The van der Waals surface area contributed by atoms with E-state index in [9.17, 15) is 59.8 Å². The van der Waals surface area contributed by atoms with Crippen molar-refractivity contribution in [3.8, 4) is 28.7 Å². The third-order valence-electron chi connectivity index (χ3n) is 25.5. The average molecular weight is 1770 g/mol. The molecule has 5 fully saturated rings. The summed E-state index contributed by atoms with van der Waals surface area (Å²) in [5.74, 6) is 0.159. The van der Waals surface area contributed by atoms with Crippen LogP contribution in [0.4, 0.5) is 59.2 Å². The van der Waals surface area contributed by atoms with Crippen molar-refractivity contribution in [2.24, 2.45) is 29.6 Å². The number of nitrogens with zero attached hydrogens (tertiary/aromatic N) is 2. The predicted octanol–water partition coefficient (Wildman–Crippen LogP) is 24.0. The first-order valence-electron chi connectivity index (χ1n) is 45.1. The first-order valence-corrected chi connectivity index (χ1v) is 45.1. The van der Waals surface area contributed by atoms with Gasteiger partial charge in [0.1, 0.15) is 63.6 Å². The van der Waals surface area contributed by atoms with Gasteiger partial charge >= 0.3 is 0 Å². The van der Waals surface area contributed by atoms with Crippen LogP contribution in [0.2, 0.25) is 0 Å². The van der Waals surface area contributed by atoms with Gasteiger partial charge in [0.15, 0.2) is 5.82 Å². The third-order valence-corrected chi connectivity index (χ3v) is 25.5. The summed E-state index contributed by atoms with van der Waals surface area (Å²) in [6.07, 6.45) is 41.0. The van der Waals surface area contributed by atoms with Crippen LogP contribution < -0.4 is 49.9 Å². The van der Waals surface area contributed by atoms with E-state index in [1.54, 1.807) is 46.0 Å². The Kier molecular flexibility index (Phi) is 33.4. The van der Waals surface area contributed by atoms with Crippen molar-refractivity contribution < 1.29 is 83.5 Å². The van der Waals surface area contributed by atoms with E-state index in [0.717, 1.165) is 168 Å². The van der Waals surface area contributed by atoms with Gasteiger partial charge < -0.3 is 55.0 Å². The fourth-order valence-electron chi connectivity index (χ4n) is 17.9. The molecule has 128 heavy (non-hydrogen) atoms. The maximum Gasteiger partial charge on any atom is 0.250 e. The van der Waals surface area contributed by atoms with Gasteiger partial charge in [0.05, 0.1) is 49.0 Å². The minimum atomic E-state index is -2.63. The van der Waals surface area contributed by atoms with Gasteiger partial charge in [-0.15, -0.1) is 0 Å². The van der Waals surface area contributed by atoms with E-state index in [-0.39, 0.29) is 60.8 Å². The Hall–Kier alpha value is -11.0. The molecule has 0 spiro atoms. The maximum absolute atomic E-state index is 14.5. The van der Waals surface area contributed by atoms with Gasteiger partial charge in [0.2, 0.25) is 35.5 Å². The number of hydrogen-bond donors (Lipinski definition) is 5. The van der Waals surface area contributed by atoms with E-state index < -0.39 is 46.2 Å². The molecule has 5 saturated carbocycles. The Bertz CT molecular complexity index is 4990. The number of carbonyl (C=O) groups is 5. The number of anilines is 5. The SMILES string of the molecule is C=CC(=O)N(CCO)c1cc(/C=C/C2CCC(C)(F)CC2)c2c(c1)CCO2.C=CC(=O)Nc1cc(/C=C/C2CCC(C)(F)CC2)c2c(c1)C[C@@H](C)O2.C=CC(=O)Nc1cc(/C=C/C2CCC(C)(F)CC2)c2c(c1)C[C@H](C)O2.C=CC(=O)Nc1cc(/C=C/C2CCC(C)(F)CC2)c2c(c1F)CCO2.C=CC(=O)Nc1cnc2cccc(OC3CCC(C(C)(F)F)CC3)c2c1. The van der Waals surface area contributed by atoms with E-state index in [4.69, 9.17) is 23.7 Å². The lowest BCUT2D eigenvalue weighted by Gasteiger charge is -2.32. The fraction of sp³-hybridized carbons (Fsp3) is 0.462. The van der Waals surface area contributed by atoms with Gasteiger partial charge in [-0.1, -0.05) is 87.6 Å². The van der Waals surface area contributed by atoms with Crippen LogP contribution in [0, 0.1) is 35.4 Å². The van der Waals surface area contributed by atoms with Crippen molar-refractivity contribution in [2.45, 2.75) is 249 Å². The van der Waals surface area contributed by atoms with E-state index in [0.29, 0.717) is 143 Å². The summed E-state index contributed by atoms with van der Waals surface area (Å²) in [6.45, 7) is 30.3. The zero-order valence-corrected chi connectivity index (χ0v) is 75.0. The van der Waals surface area contributed by atoms with E-state index in [2.05, 4.69) is 89.5 Å². The van der Waals surface area contributed by atoms with Crippen molar-refractivity contribution in [1.29, 1.82) is 0 Å². The fourth-order valence-corrected chi connectivity index (χ4v) is 17.9. The Morgan fingerprint density at radius 2 is 0.945 bits per heavy atom. The van der Waals surface area contributed by atoms with Crippen molar-refractivity contribution in [3.63, 3.8) is 0 Å². The van der Waals surface area contributed by atoms with Gasteiger partial charge in [0, 0.05) is 105 Å². The van der Waals surface area contributed by atoms with Gasteiger partial charge in [-0.2, -0.15) is 0 Å². The molecule has 15 rings (SSSR count). The van der Waals surface area contributed by atoms with Crippen LogP contribution in [0.3, 0.4) is 0 Å². The number of aliphatic hydroxyl groups is 1. The molecule has 24 heteroatoms. The molecule has 686 valence electrons. The highest BCUT2D eigenvalue weighted by atomic mass is 19.3. The van der Waals surface area contributed by atoms with E-state index in [1.165, 1.54) is 29.2 Å². The number of benzene rings is 5. The number of nitrogens with one attached hydrogen (secondary N) is 4. The molecule has 1 aromatic heterocycles. The normalized spacial score (nSPS) is 25.4. The molecule has 5 aromatic carbocycles. The predicted molar refractivity (Wildman–Crippen MR) is 497 cm³/mol. The van der Waals surface area contributed by atoms with E-state index in [1.807, 2.05) is 86.7 Å². The van der Waals surface area contributed by atoms with Crippen LogP contribution in [0.15, 0.2) is 161 Å². The third kappa shape index (κ3) is 27.5. The Morgan fingerprint density at radius 1 is 0.523 bits per heavy atom.